The average molecular weight is 413 g/mol. The molecule has 1 aromatic carbocycles. The predicted octanol–water partition coefficient (Wildman–Crippen LogP) is 2.87. The maximum absolute atomic E-state index is 13.6. The summed E-state index contributed by atoms with van der Waals surface area (Å²) in [5, 5.41) is 3.23. The van der Waals surface area contributed by atoms with Gasteiger partial charge in [-0.1, -0.05) is 25.1 Å². The zero-order chi connectivity index (χ0) is 22.0. The molecule has 1 aromatic rings. The number of carbonyl (C=O) groups excluding carboxylic acids is 3. The number of ketones is 1. The molecule has 1 aliphatic carbocycles. The monoisotopic (exact) mass is 413 g/mol. The Morgan fingerprint density at radius 3 is 2.53 bits per heavy atom. The molecule has 3 atom stereocenters. The van der Waals surface area contributed by atoms with Crippen LogP contribution >= 0.6 is 0 Å². The number of carbonyl (C=O) groups is 3. The minimum atomic E-state index is -0.922. The lowest BCUT2D eigenvalue weighted by atomic mass is 9.69. The number of hydrogen-bond acceptors (Lipinski definition) is 7. The number of methoxy groups -OCH3 is 2. The van der Waals surface area contributed by atoms with E-state index in [0.717, 1.165) is 0 Å². The van der Waals surface area contributed by atoms with Crippen molar-refractivity contribution in [3.63, 3.8) is 0 Å². The lowest BCUT2D eigenvalue weighted by Crippen LogP contribution is -2.43. The molecule has 2 aliphatic rings. The Bertz CT molecular complexity index is 945. The molecule has 0 saturated carbocycles. The van der Waals surface area contributed by atoms with Crippen LogP contribution in [0.4, 0.5) is 0 Å². The van der Waals surface area contributed by atoms with Crippen molar-refractivity contribution in [1.29, 1.82) is 0 Å². The minimum absolute atomic E-state index is 0.204. The van der Waals surface area contributed by atoms with E-state index in [1.165, 1.54) is 14.2 Å². The molecular formula is C23H27NO6. The van der Waals surface area contributed by atoms with Gasteiger partial charge in [-0.3, -0.25) is 9.59 Å². The highest BCUT2D eigenvalue weighted by atomic mass is 16.5. The van der Waals surface area contributed by atoms with Gasteiger partial charge in [0.25, 0.3) is 0 Å². The molecule has 0 bridgehead atoms. The average Bonchev–Trinajstić information content (AvgIpc) is 2.72. The van der Waals surface area contributed by atoms with Gasteiger partial charge >= 0.3 is 11.9 Å². The SMILES string of the molecule is CCOC(=O)C1=C(C)NC2=C(C(=O)[C@H](C(=O)OC)[C@@H](C)C2)[C@@H]1c1ccccc1OC. The number of rotatable bonds is 5. The van der Waals surface area contributed by atoms with Crippen LogP contribution in [0.15, 0.2) is 46.8 Å². The Labute approximate surface area is 176 Å². The van der Waals surface area contributed by atoms with E-state index in [0.29, 0.717) is 40.3 Å². The fraction of sp³-hybridized carbons (Fsp3) is 0.435. The molecule has 0 unspecified atom stereocenters. The van der Waals surface area contributed by atoms with E-state index >= 15 is 0 Å². The molecule has 0 radical (unpaired) electrons. The van der Waals surface area contributed by atoms with Gasteiger partial charge in [0.1, 0.15) is 11.7 Å². The maximum Gasteiger partial charge on any atom is 0.336 e. The topological polar surface area (TPSA) is 90.9 Å². The molecule has 7 nitrogen and oxygen atoms in total. The summed E-state index contributed by atoms with van der Waals surface area (Å²) in [5.74, 6) is -2.72. The number of nitrogens with one attached hydrogen (secondary N) is 1. The quantitative estimate of drug-likeness (QED) is 0.586. The lowest BCUT2D eigenvalue weighted by Gasteiger charge is -2.38. The van der Waals surface area contributed by atoms with Crippen LogP contribution in [-0.4, -0.2) is 38.5 Å². The Kier molecular flexibility index (Phi) is 6.29. The number of allylic oxidation sites excluding steroid dienone is 3. The molecule has 0 saturated heterocycles. The van der Waals surface area contributed by atoms with Gasteiger partial charge in [-0.2, -0.15) is 0 Å². The third-order valence-electron chi connectivity index (χ3n) is 5.69. The summed E-state index contributed by atoms with van der Waals surface area (Å²) in [5.41, 5.74) is 2.74. The van der Waals surface area contributed by atoms with Crippen LogP contribution in [0.3, 0.4) is 0 Å². The first kappa shape index (κ1) is 21.6. The predicted molar refractivity (Wildman–Crippen MR) is 110 cm³/mol. The van der Waals surface area contributed by atoms with E-state index in [9.17, 15) is 14.4 Å². The maximum atomic E-state index is 13.6. The third kappa shape index (κ3) is 3.60. The van der Waals surface area contributed by atoms with Crippen molar-refractivity contribution in [2.24, 2.45) is 11.8 Å². The summed E-state index contributed by atoms with van der Waals surface area (Å²) >= 11 is 0. The first-order valence-corrected chi connectivity index (χ1v) is 9.98. The van der Waals surface area contributed by atoms with E-state index in [1.54, 1.807) is 19.9 Å². The summed E-state index contributed by atoms with van der Waals surface area (Å²) in [6.45, 7) is 5.58. The van der Waals surface area contributed by atoms with E-state index in [1.807, 2.05) is 25.1 Å². The largest absolute Gasteiger partial charge is 0.496 e. The van der Waals surface area contributed by atoms with Crippen LogP contribution in [0.5, 0.6) is 5.75 Å². The van der Waals surface area contributed by atoms with Gasteiger partial charge in [-0.15, -0.1) is 0 Å². The Morgan fingerprint density at radius 2 is 1.90 bits per heavy atom. The molecule has 0 amide bonds. The second kappa shape index (κ2) is 8.73. The van der Waals surface area contributed by atoms with Crippen LogP contribution in [-0.2, 0) is 23.9 Å². The Balaban J connectivity index is 2.23. The molecule has 1 N–H and O–H groups in total. The van der Waals surface area contributed by atoms with Gasteiger partial charge in [0.05, 0.1) is 32.3 Å². The standard InChI is InChI=1S/C23H27NO6/c1-6-30-23(27)18-13(3)24-15-11-12(2)17(22(26)29-5)21(25)20(15)19(18)14-9-7-8-10-16(14)28-4/h7-10,12,17,19,24H,6,11H2,1-5H3/t12-,17+,19+/m0/s1. The fourth-order valence-electron chi connectivity index (χ4n) is 4.38. The number of esters is 2. The van der Waals surface area contributed by atoms with Crippen LogP contribution in [0, 0.1) is 11.8 Å². The molecule has 7 heteroatoms. The van der Waals surface area contributed by atoms with Crippen LogP contribution in [0.25, 0.3) is 0 Å². The van der Waals surface area contributed by atoms with Crippen molar-refractivity contribution in [3.05, 3.63) is 52.4 Å². The Morgan fingerprint density at radius 1 is 1.20 bits per heavy atom. The van der Waals surface area contributed by atoms with Gasteiger partial charge in [-0.25, -0.2) is 4.79 Å². The van der Waals surface area contributed by atoms with E-state index in [4.69, 9.17) is 14.2 Å². The van der Waals surface area contributed by atoms with Crippen molar-refractivity contribution in [2.75, 3.05) is 20.8 Å². The summed E-state index contributed by atoms with van der Waals surface area (Å²) in [6.07, 6.45) is 0.486. The number of benzene rings is 1. The summed E-state index contributed by atoms with van der Waals surface area (Å²) in [4.78, 5) is 38.9. The lowest BCUT2D eigenvalue weighted by molar-refractivity contribution is -0.151. The summed E-state index contributed by atoms with van der Waals surface area (Å²) in [6, 6.07) is 7.25. The molecular weight excluding hydrogens is 386 g/mol. The Hall–Kier alpha value is -3.09. The molecule has 0 aromatic heterocycles. The molecule has 3 rings (SSSR count). The molecule has 1 heterocycles. The van der Waals surface area contributed by atoms with Crippen molar-refractivity contribution >= 4 is 17.7 Å². The number of ether oxygens (including phenoxy) is 3. The van der Waals surface area contributed by atoms with Gasteiger partial charge in [0, 0.05) is 22.5 Å². The number of hydrogen-bond donors (Lipinski definition) is 1. The minimum Gasteiger partial charge on any atom is -0.496 e. The second-order valence-electron chi connectivity index (χ2n) is 7.50. The van der Waals surface area contributed by atoms with E-state index in [2.05, 4.69) is 5.32 Å². The highest BCUT2D eigenvalue weighted by Crippen LogP contribution is 2.47. The zero-order valence-corrected chi connectivity index (χ0v) is 17.9. The molecule has 30 heavy (non-hydrogen) atoms. The van der Waals surface area contributed by atoms with Crippen LogP contribution in [0.1, 0.15) is 38.7 Å². The zero-order valence-electron chi connectivity index (χ0n) is 17.9. The molecule has 0 spiro atoms. The second-order valence-corrected chi connectivity index (χ2v) is 7.50. The van der Waals surface area contributed by atoms with Gasteiger partial charge in [0.15, 0.2) is 5.78 Å². The van der Waals surface area contributed by atoms with E-state index in [-0.39, 0.29) is 18.3 Å². The molecule has 1 aliphatic heterocycles. The highest BCUT2D eigenvalue weighted by Gasteiger charge is 2.47. The van der Waals surface area contributed by atoms with Gasteiger partial charge < -0.3 is 19.5 Å². The van der Waals surface area contributed by atoms with Crippen LogP contribution < -0.4 is 10.1 Å². The first-order valence-electron chi connectivity index (χ1n) is 9.98. The van der Waals surface area contributed by atoms with E-state index < -0.39 is 23.8 Å². The van der Waals surface area contributed by atoms with Crippen molar-refractivity contribution in [3.8, 4) is 5.75 Å². The molecule has 0 fully saturated rings. The van der Waals surface area contributed by atoms with Crippen molar-refractivity contribution in [1.82, 2.24) is 5.32 Å². The molecule has 160 valence electrons. The summed E-state index contributed by atoms with van der Waals surface area (Å²) < 4.78 is 15.7. The van der Waals surface area contributed by atoms with Gasteiger partial charge in [0.2, 0.25) is 0 Å². The fourth-order valence-corrected chi connectivity index (χ4v) is 4.38. The first-order chi connectivity index (χ1) is 14.3. The summed E-state index contributed by atoms with van der Waals surface area (Å²) in [7, 11) is 2.81. The van der Waals surface area contributed by atoms with Crippen molar-refractivity contribution < 1.29 is 28.6 Å². The highest BCUT2D eigenvalue weighted by molar-refractivity contribution is 6.12. The smallest absolute Gasteiger partial charge is 0.336 e. The number of dihydropyridines is 1. The van der Waals surface area contributed by atoms with Gasteiger partial charge in [-0.05, 0) is 32.3 Å². The normalized spacial score (nSPS) is 23.5. The van der Waals surface area contributed by atoms with Crippen LogP contribution in [0.2, 0.25) is 0 Å². The third-order valence-corrected chi connectivity index (χ3v) is 5.69. The van der Waals surface area contributed by atoms with Crippen molar-refractivity contribution in [2.45, 2.75) is 33.1 Å². The number of Topliss-reactive ketones (excluding diaryl/α,β-unsaturated/α-hetero) is 1. The number of para-hydroxylation sites is 1.